The minimum absolute atomic E-state index is 0.198. The van der Waals surface area contributed by atoms with Gasteiger partial charge in [-0.05, 0) is 6.92 Å². The van der Waals surface area contributed by atoms with Crippen molar-refractivity contribution in [1.29, 1.82) is 0 Å². The zero-order valence-electron chi connectivity index (χ0n) is 9.37. The molecule has 1 N–H and O–H groups in total. The van der Waals surface area contributed by atoms with Crippen molar-refractivity contribution in [3.8, 4) is 0 Å². The van der Waals surface area contributed by atoms with Crippen molar-refractivity contribution in [2.45, 2.75) is 13.0 Å². The first-order valence-corrected chi connectivity index (χ1v) is 4.85. The minimum atomic E-state index is -1.21. The third-order valence-corrected chi connectivity index (χ3v) is 2.19. The summed E-state index contributed by atoms with van der Waals surface area (Å²) in [4.78, 5) is 9.75. The summed E-state index contributed by atoms with van der Waals surface area (Å²) in [5.41, 5.74) is -0.967. The lowest BCUT2D eigenvalue weighted by Crippen LogP contribution is -2.19. The number of halogens is 2. The zero-order chi connectivity index (χ0) is 13.0. The number of anilines is 1. The van der Waals surface area contributed by atoms with E-state index in [1.165, 1.54) is 7.11 Å². The Kier molecular flexibility index (Phi) is 4.33. The van der Waals surface area contributed by atoms with Crippen molar-refractivity contribution in [3.63, 3.8) is 0 Å². The average Bonchev–Trinajstić information content (AvgIpc) is 2.24. The van der Waals surface area contributed by atoms with Crippen LogP contribution >= 0.6 is 0 Å². The Balaban J connectivity index is 3.00. The minimum Gasteiger partial charge on any atom is -0.380 e. The SMILES string of the molecule is COC(C)CNc1cc(F)cc(F)c1[N+](=O)[O-]. The number of rotatable bonds is 5. The molecule has 1 rings (SSSR count). The van der Waals surface area contributed by atoms with Gasteiger partial charge in [0, 0.05) is 25.8 Å². The van der Waals surface area contributed by atoms with Gasteiger partial charge in [0.2, 0.25) is 5.82 Å². The molecule has 1 aromatic rings. The number of nitro benzene ring substituents is 1. The quantitative estimate of drug-likeness (QED) is 0.639. The summed E-state index contributed by atoms with van der Waals surface area (Å²) < 4.78 is 31.1. The number of hydrogen-bond donors (Lipinski definition) is 1. The van der Waals surface area contributed by atoms with E-state index in [4.69, 9.17) is 4.74 Å². The Labute approximate surface area is 96.5 Å². The lowest BCUT2D eigenvalue weighted by molar-refractivity contribution is -0.386. The predicted molar refractivity (Wildman–Crippen MR) is 58.0 cm³/mol. The van der Waals surface area contributed by atoms with E-state index in [-0.39, 0.29) is 18.3 Å². The maximum absolute atomic E-state index is 13.2. The molecule has 7 heteroatoms. The van der Waals surface area contributed by atoms with Crippen LogP contribution in [0.25, 0.3) is 0 Å². The van der Waals surface area contributed by atoms with E-state index in [2.05, 4.69) is 5.32 Å². The molecule has 1 atom stereocenters. The zero-order valence-corrected chi connectivity index (χ0v) is 9.37. The van der Waals surface area contributed by atoms with Gasteiger partial charge in [0.25, 0.3) is 0 Å². The molecule has 0 spiro atoms. The molecule has 1 aromatic carbocycles. The number of nitrogens with zero attached hydrogens (tertiary/aromatic N) is 1. The van der Waals surface area contributed by atoms with Gasteiger partial charge < -0.3 is 10.1 Å². The Morgan fingerprint density at radius 2 is 2.18 bits per heavy atom. The highest BCUT2D eigenvalue weighted by Gasteiger charge is 2.22. The maximum Gasteiger partial charge on any atom is 0.327 e. The molecule has 0 aliphatic rings. The fourth-order valence-electron chi connectivity index (χ4n) is 1.22. The molecule has 1 unspecified atom stereocenters. The second kappa shape index (κ2) is 5.53. The summed E-state index contributed by atoms with van der Waals surface area (Å²) in [5, 5.41) is 13.2. The highest BCUT2D eigenvalue weighted by Crippen LogP contribution is 2.28. The topological polar surface area (TPSA) is 64.4 Å². The number of ether oxygens (including phenoxy) is 1. The van der Waals surface area contributed by atoms with Crippen LogP contribution in [0.5, 0.6) is 0 Å². The van der Waals surface area contributed by atoms with E-state index in [1.54, 1.807) is 6.92 Å². The molecule has 17 heavy (non-hydrogen) atoms. The number of nitrogens with one attached hydrogen (secondary N) is 1. The van der Waals surface area contributed by atoms with Crippen LogP contribution in [0.2, 0.25) is 0 Å². The van der Waals surface area contributed by atoms with Gasteiger partial charge in [-0.2, -0.15) is 4.39 Å². The first-order chi connectivity index (χ1) is 7.95. The highest BCUT2D eigenvalue weighted by molar-refractivity contribution is 5.62. The van der Waals surface area contributed by atoms with Crippen molar-refractivity contribution in [2.24, 2.45) is 0 Å². The predicted octanol–water partition coefficient (Wildman–Crippen LogP) is 2.32. The summed E-state index contributed by atoms with van der Waals surface area (Å²) in [5.74, 6) is -2.08. The smallest absolute Gasteiger partial charge is 0.327 e. The summed E-state index contributed by atoms with van der Waals surface area (Å²) in [6, 6.07) is 1.35. The van der Waals surface area contributed by atoms with E-state index in [1.807, 2.05) is 0 Å². The third kappa shape index (κ3) is 3.35. The van der Waals surface area contributed by atoms with Gasteiger partial charge in [-0.25, -0.2) is 4.39 Å². The van der Waals surface area contributed by atoms with Crippen LogP contribution in [-0.4, -0.2) is 24.7 Å². The maximum atomic E-state index is 13.2. The summed E-state index contributed by atoms with van der Waals surface area (Å²) in [7, 11) is 1.47. The fraction of sp³-hybridized carbons (Fsp3) is 0.400. The molecule has 5 nitrogen and oxygen atoms in total. The molecule has 0 fully saturated rings. The van der Waals surface area contributed by atoms with Crippen molar-refractivity contribution in [1.82, 2.24) is 0 Å². The molecule has 0 bridgehead atoms. The van der Waals surface area contributed by atoms with E-state index in [0.717, 1.165) is 6.07 Å². The van der Waals surface area contributed by atoms with Crippen LogP contribution in [0.3, 0.4) is 0 Å². The van der Waals surface area contributed by atoms with Gasteiger partial charge in [-0.15, -0.1) is 0 Å². The lowest BCUT2D eigenvalue weighted by Gasteiger charge is -2.12. The molecule has 0 saturated heterocycles. The average molecular weight is 246 g/mol. The van der Waals surface area contributed by atoms with Gasteiger partial charge in [0.05, 0.1) is 11.0 Å². The first kappa shape index (κ1) is 13.3. The van der Waals surface area contributed by atoms with Crippen molar-refractivity contribution >= 4 is 11.4 Å². The lowest BCUT2D eigenvalue weighted by atomic mass is 10.2. The highest BCUT2D eigenvalue weighted by atomic mass is 19.1. The Morgan fingerprint density at radius 3 is 2.71 bits per heavy atom. The van der Waals surface area contributed by atoms with Gasteiger partial charge >= 0.3 is 5.69 Å². The van der Waals surface area contributed by atoms with Crippen molar-refractivity contribution in [2.75, 3.05) is 19.0 Å². The molecule has 0 saturated carbocycles. The number of methoxy groups -OCH3 is 1. The Bertz CT molecular complexity index is 426. The molecular formula is C10H12F2N2O3. The van der Waals surface area contributed by atoms with E-state index < -0.39 is 22.2 Å². The third-order valence-electron chi connectivity index (χ3n) is 2.19. The first-order valence-electron chi connectivity index (χ1n) is 4.85. The number of benzene rings is 1. The van der Waals surface area contributed by atoms with E-state index in [9.17, 15) is 18.9 Å². The number of nitro groups is 1. The van der Waals surface area contributed by atoms with Crippen molar-refractivity contribution in [3.05, 3.63) is 33.9 Å². The molecule has 0 radical (unpaired) electrons. The van der Waals surface area contributed by atoms with Crippen LogP contribution in [0.4, 0.5) is 20.2 Å². The molecule has 0 aliphatic heterocycles. The van der Waals surface area contributed by atoms with Crippen LogP contribution in [0.1, 0.15) is 6.92 Å². The molecule has 0 aromatic heterocycles. The Morgan fingerprint density at radius 1 is 1.53 bits per heavy atom. The standard InChI is InChI=1S/C10H12F2N2O3/c1-6(17-2)5-13-9-4-7(11)3-8(12)10(9)14(15)16/h3-4,6,13H,5H2,1-2H3. The van der Waals surface area contributed by atoms with Gasteiger partial charge in [-0.3, -0.25) is 10.1 Å². The van der Waals surface area contributed by atoms with E-state index >= 15 is 0 Å². The largest absolute Gasteiger partial charge is 0.380 e. The normalized spacial score (nSPS) is 12.2. The van der Waals surface area contributed by atoms with Crippen LogP contribution in [0.15, 0.2) is 12.1 Å². The van der Waals surface area contributed by atoms with Crippen molar-refractivity contribution < 1.29 is 18.4 Å². The molecule has 0 amide bonds. The van der Waals surface area contributed by atoms with Gasteiger partial charge in [-0.1, -0.05) is 0 Å². The number of hydrogen-bond acceptors (Lipinski definition) is 4. The van der Waals surface area contributed by atoms with Crippen LogP contribution in [0, 0.1) is 21.7 Å². The monoisotopic (exact) mass is 246 g/mol. The Hall–Kier alpha value is -1.76. The second-order valence-electron chi connectivity index (χ2n) is 3.47. The second-order valence-corrected chi connectivity index (χ2v) is 3.47. The molecular weight excluding hydrogens is 234 g/mol. The molecule has 94 valence electrons. The summed E-state index contributed by atoms with van der Waals surface area (Å²) in [6.45, 7) is 1.93. The van der Waals surface area contributed by atoms with Crippen LogP contribution < -0.4 is 5.32 Å². The summed E-state index contributed by atoms with van der Waals surface area (Å²) in [6.07, 6.45) is -0.235. The van der Waals surface area contributed by atoms with Gasteiger partial charge in [0.15, 0.2) is 0 Å². The molecule has 0 aliphatic carbocycles. The summed E-state index contributed by atoms with van der Waals surface area (Å²) >= 11 is 0. The molecule has 0 heterocycles. The van der Waals surface area contributed by atoms with Gasteiger partial charge in [0.1, 0.15) is 11.5 Å². The van der Waals surface area contributed by atoms with E-state index in [0.29, 0.717) is 6.07 Å². The van der Waals surface area contributed by atoms with Crippen LogP contribution in [-0.2, 0) is 4.74 Å². The fourth-order valence-corrected chi connectivity index (χ4v) is 1.22.